The highest BCUT2D eigenvalue weighted by Gasteiger charge is 2.30. The first-order chi connectivity index (χ1) is 10.8. The average molecular weight is 354 g/mol. The molecule has 8 heteroatoms. The van der Waals surface area contributed by atoms with E-state index in [2.05, 4.69) is 10.6 Å². The minimum Gasteiger partial charge on any atom is -0.328 e. The highest BCUT2D eigenvalue weighted by atomic mass is 32.1. The molecule has 0 bridgehead atoms. The van der Waals surface area contributed by atoms with Gasteiger partial charge >= 0.3 is 6.18 Å². The highest BCUT2D eigenvalue weighted by Crippen LogP contribution is 2.33. The SMILES string of the molecule is O=C1NC(=S)NC1=Cc1ccc(-c2ccc(C(F)(F)F)cc2)s1. The number of carbonyl (C=O) groups is 1. The molecule has 23 heavy (non-hydrogen) atoms. The van der Waals surface area contributed by atoms with Gasteiger partial charge in [-0.15, -0.1) is 11.3 Å². The van der Waals surface area contributed by atoms with Gasteiger partial charge in [-0.2, -0.15) is 13.2 Å². The molecule has 1 aromatic carbocycles. The van der Waals surface area contributed by atoms with Gasteiger partial charge in [0.25, 0.3) is 5.91 Å². The van der Waals surface area contributed by atoms with Crippen molar-refractivity contribution in [2.75, 3.05) is 0 Å². The number of rotatable bonds is 2. The van der Waals surface area contributed by atoms with Crippen LogP contribution in [0.15, 0.2) is 42.1 Å². The van der Waals surface area contributed by atoms with Crippen molar-refractivity contribution in [1.29, 1.82) is 0 Å². The second-order valence-electron chi connectivity index (χ2n) is 4.74. The van der Waals surface area contributed by atoms with Gasteiger partial charge in [-0.05, 0) is 48.1 Å². The third-order valence-electron chi connectivity index (χ3n) is 3.13. The second-order valence-corrected chi connectivity index (χ2v) is 6.27. The van der Waals surface area contributed by atoms with Crippen LogP contribution in [0.4, 0.5) is 13.2 Å². The molecule has 0 saturated carbocycles. The molecular weight excluding hydrogens is 345 g/mol. The molecule has 1 amide bonds. The molecule has 1 aromatic heterocycles. The zero-order valence-corrected chi connectivity index (χ0v) is 13.0. The summed E-state index contributed by atoms with van der Waals surface area (Å²) in [5.74, 6) is -0.306. The molecule has 118 valence electrons. The van der Waals surface area contributed by atoms with Gasteiger partial charge in [0.05, 0.1) is 5.56 Å². The lowest BCUT2D eigenvalue weighted by molar-refractivity contribution is -0.137. The van der Waals surface area contributed by atoms with E-state index in [1.165, 1.54) is 23.5 Å². The predicted octanol–water partition coefficient (Wildman–Crippen LogP) is 3.78. The van der Waals surface area contributed by atoms with E-state index in [0.29, 0.717) is 11.3 Å². The van der Waals surface area contributed by atoms with E-state index < -0.39 is 11.7 Å². The standard InChI is InChI=1S/C15H9F3N2OS2/c16-15(17,18)9-3-1-8(2-4-9)12-6-5-10(23-12)7-11-13(21)20-14(22)19-11/h1-7H,(H2,19,20,21,22). The zero-order chi connectivity index (χ0) is 16.6. The summed E-state index contributed by atoms with van der Waals surface area (Å²) in [6, 6.07) is 8.56. The number of benzene rings is 1. The number of thiophene rings is 1. The maximum absolute atomic E-state index is 12.6. The summed E-state index contributed by atoms with van der Waals surface area (Å²) in [6.07, 6.45) is -2.70. The van der Waals surface area contributed by atoms with Crippen LogP contribution < -0.4 is 10.6 Å². The molecule has 1 saturated heterocycles. The number of nitrogens with one attached hydrogen (secondary N) is 2. The summed E-state index contributed by atoms with van der Waals surface area (Å²) >= 11 is 6.21. The molecule has 2 heterocycles. The molecule has 0 aliphatic carbocycles. The Morgan fingerprint density at radius 1 is 1.04 bits per heavy atom. The van der Waals surface area contributed by atoms with Crippen LogP contribution in [0.3, 0.4) is 0 Å². The van der Waals surface area contributed by atoms with E-state index in [-0.39, 0.29) is 11.0 Å². The Kier molecular flexibility index (Phi) is 3.95. The fourth-order valence-electron chi connectivity index (χ4n) is 2.03. The van der Waals surface area contributed by atoms with Crippen molar-refractivity contribution in [2.24, 2.45) is 0 Å². The first-order valence-corrected chi connectivity index (χ1v) is 7.67. The Morgan fingerprint density at radius 3 is 2.30 bits per heavy atom. The number of alkyl halides is 3. The van der Waals surface area contributed by atoms with Gasteiger partial charge in [0.1, 0.15) is 5.70 Å². The van der Waals surface area contributed by atoms with E-state index in [1.807, 2.05) is 0 Å². The average Bonchev–Trinajstić information content (AvgIpc) is 3.06. The van der Waals surface area contributed by atoms with Crippen LogP contribution in [0, 0.1) is 0 Å². The quantitative estimate of drug-likeness (QED) is 0.637. The van der Waals surface area contributed by atoms with Crippen LogP contribution in [0.1, 0.15) is 10.4 Å². The molecule has 0 radical (unpaired) electrons. The molecule has 2 N–H and O–H groups in total. The Balaban J connectivity index is 1.84. The monoisotopic (exact) mass is 354 g/mol. The van der Waals surface area contributed by atoms with Gasteiger partial charge in [0, 0.05) is 9.75 Å². The minimum absolute atomic E-state index is 0.251. The summed E-state index contributed by atoms with van der Waals surface area (Å²) in [7, 11) is 0. The minimum atomic E-state index is -4.34. The van der Waals surface area contributed by atoms with E-state index in [4.69, 9.17) is 12.2 Å². The molecule has 3 nitrogen and oxygen atoms in total. The molecule has 3 rings (SSSR count). The van der Waals surface area contributed by atoms with Crippen molar-refractivity contribution in [3.63, 3.8) is 0 Å². The van der Waals surface area contributed by atoms with Crippen LogP contribution >= 0.6 is 23.6 Å². The van der Waals surface area contributed by atoms with E-state index in [0.717, 1.165) is 21.9 Å². The van der Waals surface area contributed by atoms with Gasteiger partial charge < -0.3 is 5.32 Å². The molecule has 1 aliphatic heterocycles. The number of amides is 1. The fraction of sp³-hybridized carbons (Fsp3) is 0.0667. The number of hydrogen-bond donors (Lipinski definition) is 2. The lowest BCUT2D eigenvalue weighted by Gasteiger charge is -2.06. The summed E-state index contributed by atoms with van der Waals surface area (Å²) in [6.45, 7) is 0. The van der Waals surface area contributed by atoms with E-state index in [1.54, 1.807) is 18.2 Å². The number of halogens is 3. The van der Waals surface area contributed by atoms with Gasteiger partial charge in [-0.25, -0.2) is 0 Å². The van der Waals surface area contributed by atoms with Crippen LogP contribution in [0.2, 0.25) is 0 Å². The molecule has 1 fully saturated rings. The van der Waals surface area contributed by atoms with Crippen LogP contribution in [-0.2, 0) is 11.0 Å². The van der Waals surface area contributed by atoms with Gasteiger partial charge in [-0.3, -0.25) is 10.1 Å². The molecule has 0 unspecified atom stereocenters. The molecule has 2 aromatic rings. The third kappa shape index (κ3) is 3.43. The van der Waals surface area contributed by atoms with E-state index >= 15 is 0 Å². The highest BCUT2D eigenvalue weighted by molar-refractivity contribution is 7.80. The maximum atomic E-state index is 12.6. The van der Waals surface area contributed by atoms with E-state index in [9.17, 15) is 18.0 Å². The normalized spacial score (nSPS) is 16.6. The second kappa shape index (κ2) is 5.78. The molecular formula is C15H9F3N2OS2. The maximum Gasteiger partial charge on any atom is 0.416 e. The van der Waals surface area contributed by atoms with Crippen molar-refractivity contribution in [3.8, 4) is 10.4 Å². The van der Waals surface area contributed by atoms with Crippen LogP contribution in [-0.4, -0.2) is 11.0 Å². The van der Waals surface area contributed by atoms with Crippen molar-refractivity contribution in [1.82, 2.24) is 10.6 Å². The van der Waals surface area contributed by atoms with Crippen LogP contribution in [0.25, 0.3) is 16.5 Å². The smallest absolute Gasteiger partial charge is 0.328 e. The Bertz CT molecular complexity index is 807. The van der Waals surface area contributed by atoms with Crippen molar-refractivity contribution in [3.05, 3.63) is 52.5 Å². The van der Waals surface area contributed by atoms with Crippen molar-refractivity contribution < 1.29 is 18.0 Å². The topological polar surface area (TPSA) is 41.1 Å². The Labute approximate surface area is 138 Å². The van der Waals surface area contributed by atoms with Crippen molar-refractivity contribution >= 4 is 40.7 Å². The summed E-state index contributed by atoms with van der Waals surface area (Å²) in [5, 5.41) is 5.45. The lowest BCUT2D eigenvalue weighted by Crippen LogP contribution is -2.21. The third-order valence-corrected chi connectivity index (χ3v) is 4.42. The predicted molar refractivity (Wildman–Crippen MR) is 86.6 cm³/mol. The first-order valence-electron chi connectivity index (χ1n) is 6.44. The summed E-state index contributed by atoms with van der Waals surface area (Å²) in [4.78, 5) is 13.2. The molecule has 0 spiro atoms. The number of hydrogen-bond acceptors (Lipinski definition) is 3. The molecule has 0 atom stereocenters. The summed E-state index contributed by atoms with van der Waals surface area (Å²) < 4.78 is 37.7. The first kappa shape index (κ1) is 15.7. The number of thiocarbonyl (C=S) groups is 1. The van der Waals surface area contributed by atoms with Crippen LogP contribution in [0.5, 0.6) is 0 Å². The zero-order valence-electron chi connectivity index (χ0n) is 11.4. The fourth-order valence-corrected chi connectivity index (χ4v) is 3.19. The summed E-state index contributed by atoms with van der Waals surface area (Å²) in [5.41, 5.74) is 0.350. The Morgan fingerprint density at radius 2 is 1.74 bits per heavy atom. The van der Waals surface area contributed by atoms with Crippen molar-refractivity contribution in [2.45, 2.75) is 6.18 Å². The van der Waals surface area contributed by atoms with Gasteiger partial charge in [0.2, 0.25) is 0 Å². The van der Waals surface area contributed by atoms with Gasteiger partial charge in [-0.1, -0.05) is 12.1 Å². The Hall–Kier alpha value is -2.19. The number of carbonyl (C=O) groups excluding carboxylic acids is 1. The largest absolute Gasteiger partial charge is 0.416 e. The molecule has 1 aliphatic rings. The lowest BCUT2D eigenvalue weighted by atomic mass is 10.1. The van der Waals surface area contributed by atoms with Gasteiger partial charge in [0.15, 0.2) is 5.11 Å².